The van der Waals surface area contributed by atoms with Gasteiger partial charge in [0.05, 0.1) is 12.2 Å². The standard InChI is InChI=1S/C18H15BrN2O2S2/c19-15-8-6-14(7-9-15)18-20-12-17(24-18)25(22,23)21-11-10-16(21)13-4-2-1-3-5-13/h1-9,12,16H,10-11H2. The molecule has 0 spiro atoms. The summed E-state index contributed by atoms with van der Waals surface area (Å²) in [6, 6.07) is 17.4. The lowest BCUT2D eigenvalue weighted by Gasteiger charge is -2.39. The third kappa shape index (κ3) is 3.17. The topological polar surface area (TPSA) is 50.3 Å². The minimum absolute atomic E-state index is 0.0792. The van der Waals surface area contributed by atoms with Gasteiger partial charge in [0.2, 0.25) is 0 Å². The van der Waals surface area contributed by atoms with Gasteiger partial charge in [0.15, 0.2) is 4.21 Å². The van der Waals surface area contributed by atoms with Gasteiger partial charge in [0, 0.05) is 16.6 Å². The maximum Gasteiger partial charge on any atom is 0.254 e. The number of halogens is 1. The first-order valence-electron chi connectivity index (χ1n) is 7.84. The molecule has 0 bridgehead atoms. The lowest BCUT2D eigenvalue weighted by molar-refractivity contribution is 0.202. The Morgan fingerprint density at radius 2 is 1.80 bits per heavy atom. The lowest BCUT2D eigenvalue weighted by atomic mass is 9.98. The van der Waals surface area contributed by atoms with Crippen molar-refractivity contribution in [2.75, 3.05) is 6.54 Å². The van der Waals surface area contributed by atoms with E-state index < -0.39 is 10.0 Å². The Bertz CT molecular complexity index is 985. The summed E-state index contributed by atoms with van der Waals surface area (Å²) in [5, 5.41) is 0.711. The van der Waals surface area contributed by atoms with Gasteiger partial charge in [-0.25, -0.2) is 13.4 Å². The van der Waals surface area contributed by atoms with Gasteiger partial charge in [0.25, 0.3) is 10.0 Å². The van der Waals surface area contributed by atoms with Crippen molar-refractivity contribution in [1.29, 1.82) is 0 Å². The second kappa shape index (κ2) is 6.64. The lowest BCUT2D eigenvalue weighted by Crippen LogP contribution is -2.44. The number of hydrogen-bond donors (Lipinski definition) is 0. The van der Waals surface area contributed by atoms with Crippen molar-refractivity contribution in [1.82, 2.24) is 9.29 Å². The van der Waals surface area contributed by atoms with Crippen LogP contribution in [-0.2, 0) is 10.0 Å². The van der Waals surface area contributed by atoms with Gasteiger partial charge < -0.3 is 0 Å². The average Bonchev–Trinajstić information content (AvgIpc) is 3.06. The Balaban J connectivity index is 1.62. The monoisotopic (exact) mass is 434 g/mol. The normalized spacial score (nSPS) is 18.0. The fraction of sp³-hybridized carbons (Fsp3) is 0.167. The first-order valence-corrected chi connectivity index (χ1v) is 10.9. The summed E-state index contributed by atoms with van der Waals surface area (Å²) in [4.78, 5) is 4.32. The van der Waals surface area contributed by atoms with Gasteiger partial charge in [-0.15, -0.1) is 11.3 Å². The van der Waals surface area contributed by atoms with Gasteiger partial charge in [-0.1, -0.05) is 58.4 Å². The highest BCUT2D eigenvalue weighted by atomic mass is 79.9. The fourth-order valence-electron chi connectivity index (χ4n) is 2.88. The van der Waals surface area contributed by atoms with E-state index in [0.717, 1.165) is 22.0 Å². The molecule has 0 amide bonds. The van der Waals surface area contributed by atoms with Crippen molar-refractivity contribution in [3.63, 3.8) is 0 Å². The van der Waals surface area contributed by atoms with Gasteiger partial charge in [-0.05, 0) is 24.1 Å². The van der Waals surface area contributed by atoms with Crippen molar-refractivity contribution in [3.05, 3.63) is 70.8 Å². The van der Waals surface area contributed by atoms with Crippen LogP contribution in [0.4, 0.5) is 0 Å². The molecule has 3 aromatic rings. The molecule has 1 aliphatic heterocycles. The highest BCUT2D eigenvalue weighted by Gasteiger charge is 2.40. The second-order valence-electron chi connectivity index (χ2n) is 5.82. The third-order valence-corrected chi connectivity index (χ3v) is 8.21. The molecule has 7 heteroatoms. The second-order valence-corrected chi connectivity index (χ2v) is 9.89. The van der Waals surface area contributed by atoms with Crippen LogP contribution in [0.1, 0.15) is 18.0 Å². The maximum absolute atomic E-state index is 13.0. The van der Waals surface area contributed by atoms with Crippen molar-refractivity contribution >= 4 is 37.3 Å². The molecule has 1 saturated heterocycles. The minimum Gasteiger partial charge on any atom is -0.243 e. The maximum atomic E-state index is 13.0. The number of rotatable bonds is 4. The SMILES string of the molecule is O=S(=O)(c1cnc(-c2ccc(Br)cc2)s1)N1CCC1c1ccccc1. The smallest absolute Gasteiger partial charge is 0.243 e. The van der Waals surface area contributed by atoms with Crippen LogP contribution >= 0.6 is 27.3 Å². The largest absolute Gasteiger partial charge is 0.254 e. The van der Waals surface area contributed by atoms with Crippen LogP contribution in [0.5, 0.6) is 0 Å². The first kappa shape index (κ1) is 16.9. The summed E-state index contributed by atoms with van der Waals surface area (Å²) in [5.41, 5.74) is 1.95. The van der Waals surface area contributed by atoms with Crippen LogP contribution in [0, 0.1) is 0 Å². The zero-order chi connectivity index (χ0) is 17.4. The Morgan fingerprint density at radius 1 is 1.08 bits per heavy atom. The number of aromatic nitrogens is 1. The predicted octanol–water partition coefficient (Wildman–Crippen LogP) is 4.71. The van der Waals surface area contributed by atoms with Gasteiger partial charge in [-0.3, -0.25) is 0 Å². The molecule has 25 heavy (non-hydrogen) atoms. The molecule has 4 nitrogen and oxygen atoms in total. The molecule has 1 fully saturated rings. The molecule has 4 rings (SSSR count). The molecule has 2 heterocycles. The van der Waals surface area contributed by atoms with E-state index in [1.165, 1.54) is 17.5 Å². The molecule has 1 aromatic heterocycles. The van der Waals surface area contributed by atoms with E-state index in [0.29, 0.717) is 15.8 Å². The van der Waals surface area contributed by atoms with Crippen LogP contribution in [0.25, 0.3) is 10.6 Å². The number of nitrogens with zero attached hydrogens (tertiary/aromatic N) is 2. The zero-order valence-corrected chi connectivity index (χ0v) is 16.4. The number of hydrogen-bond acceptors (Lipinski definition) is 4. The van der Waals surface area contributed by atoms with Gasteiger partial charge >= 0.3 is 0 Å². The Hall–Kier alpha value is -1.54. The summed E-state index contributed by atoms with van der Waals surface area (Å²) >= 11 is 4.62. The van der Waals surface area contributed by atoms with Crippen LogP contribution in [0.3, 0.4) is 0 Å². The fourth-order valence-corrected chi connectivity index (χ4v) is 6.07. The molecule has 1 unspecified atom stereocenters. The molecular formula is C18H15BrN2O2S2. The zero-order valence-electron chi connectivity index (χ0n) is 13.2. The van der Waals surface area contributed by atoms with Crippen molar-refractivity contribution in [2.45, 2.75) is 16.7 Å². The first-order chi connectivity index (χ1) is 12.1. The van der Waals surface area contributed by atoms with Gasteiger partial charge in [-0.2, -0.15) is 4.31 Å². The van der Waals surface area contributed by atoms with Gasteiger partial charge in [0.1, 0.15) is 5.01 Å². The minimum atomic E-state index is -3.51. The predicted molar refractivity (Wildman–Crippen MR) is 103 cm³/mol. The Labute approximate surface area is 159 Å². The molecule has 128 valence electrons. The van der Waals surface area contributed by atoms with Crippen molar-refractivity contribution in [2.24, 2.45) is 0 Å². The summed E-state index contributed by atoms with van der Waals surface area (Å²) in [6.45, 7) is 0.549. The van der Waals surface area contributed by atoms with E-state index >= 15 is 0 Å². The summed E-state index contributed by atoms with van der Waals surface area (Å²) in [7, 11) is -3.51. The van der Waals surface area contributed by atoms with Crippen molar-refractivity contribution < 1.29 is 8.42 Å². The highest BCUT2D eigenvalue weighted by molar-refractivity contribution is 9.10. The van der Waals surface area contributed by atoms with E-state index in [4.69, 9.17) is 0 Å². The summed E-state index contributed by atoms with van der Waals surface area (Å²) in [6.07, 6.45) is 2.32. The highest BCUT2D eigenvalue weighted by Crippen LogP contribution is 2.40. The van der Waals surface area contributed by atoms with E-state index in [2.05, 4.69) is 20.9 Å². The number of benzene rings is 2. The van der Waals surface area contributed by atoms with E-state index in [1.807, 2.05) is 54.6 Å². The van der Waals surface area contributed by atoms with E-state index in [9.17, 15) is 8.42 Å². The Morgan fingerprint density at radius 3 is 2.44 bits per heavy atom. The number of sulfonamides is 1. The summed E-state index contributed by atoms with van der Waals surface area (Å²) in [5.74, 6) is 0. The molecule has 0 radical (unpaired) electrons. The van der Waals surface area contributed by atoms with Crippen LogP contribution in [0.15, 0.2) is 69.5 Å². The quantitative estimate of drug-likeness (QED) is 0.597. The van der Waals surface area contributed by atoms with E-state index in [-0.39, 0.29) is 6.04 Å². The molecule has 1 aliphatic rings. The third-order valence-electron chi connectivity index (χ3n) is 4.29. The molecule has 0 N–H and O–H groups in total. The molecule has 2 aromatic carbocycles. The molecular weight excluding hydrogens is 420 g/mol. The molecule has 0 aliphatic carbocycles. The average molecular weight is 435 g/mol. The molecule has 0 saturated carbocycles. The van der Waals surface area contributed by atoms with Crippen LogP contribution in [0.2, 0.25) is 0 Å². The molecule has 1 atom stereocenters. The van der Waals surface area contributed by atoms with Crippen LogP contribution < -0.4 is 0 Å². The number of thiazole rings is 1. The van der Waals surface area contributed by atoms with Crippen LogP contribution in [-0.4, -0.2) is 24.3 Å². The van der Waals surface area contributed by atoms with Crippen molar-refractivity contribution in [3.8, 4) is 10.6 Å². The van der Waals surface area contributed by atoms with E-state index in [1.54, 1.807) is 4.31 Å². The Kier molecular flexibility index (Phi) is 4.49. The summed E-state index contributed by atoms with van der Waals surface area (Å²) < 4.78 is 28.8.